The summed E-state index contributed by atoms with van der Waals surface area (Å²) in [6, 6.07) is 25.1. The quantitative estimate of drug-likeness (QED) is 0.686. The molecule has 0 spiro atoms. The summed E-state index contributed by atoms with van der Waals surface area (Å²) >= 11 is 0. The molecule has 1 saturated heterocycles. The van der Waals surface area contributed by atoms with Crippen LogP contribution in [0.4, 0.5) is 5.69 Å². The fourth-order valence-electron chi connectivity index (χ4n) is 3.27. The lowest BCUT2D eigenvalue weighted by Gasteiger charge is -2.28. The Kier molecular flexibility index (Phi) is 6.07. The van der Waals surface area contributed by atoms with Crippen molar-refractivity contribution in [2.45, 2.75) is 6.54 Å². The normalized spacial score (nSPS) is 13.7. The summed E-state index contributed by atoms with van der Waals surface area (Å²) < 4.78 is 11.2. The molecule has 5 heteroatoms. The van der Waals surface area contributed by atoms with Crippen LogP contribution in [0, 0.1) is 0 Å². The van der Waals surface area contributed by atoms with Crippen LogP contribution in [0.2, 0.25) is 0 Å². The summed E-state index contributed by atoms with van der Waals surface area (Å²) in [5.41, 5.74) is 2.76. The van der Waals surface area contributed by atoms with Crippen molar-refractivity contribution < 1.29 is 14.3 Å². The number of rotatable bonds is 6. The lowest BCUT2D eigenvalue weighted by molar-refractivity contribution is 0.0950. The number of ether oxygens (including phenoxy) is 2. The van der Waals surface area contributed by atoms with E-state index in [0.717, 1.165) is 49.1 Å². The molecule has 0 saturated carbocycles. The number of morpholine rings is 1. The molecule has 3 aromatic carbocycles. The molecule has 0 atom stereocenters. The third-order valence-corrected chi connectivity index (χ3v) is 4.84. The summed E-state index contributed by atoms with van der Waals surface area (Å²) in [6.07, 6.45) is 0. The van der Waals surface area contributed by atoms with E-state index in [4.69, 9.17) is 9.47 Å². The van der Waals surface area contributed by atoms with E-state index >= 15 is 0 Å². The predicted molar refractivity (Wildman–Crippen MR) is 114 cm³/mol. The molecule has 29 heavy (non-hydrogen) atoms. The molecule has 1 aliphatic rings. The van der Waals surface area contributed by atoms with Crippen molar-refractivity contribution in [2.75, 3.05) is 31.2 Å². The second-order valence-electron chi connectivity index (χ2n) is 6.89. The smallest absolute Gasteiger partial charge is 0.251 e. The molecule has 0 aromatic heterocycles. The first-order valence-corrected chi connectivity index (χ1v) is 9.81. The minimum absolute atomic E-state index is 0.0899. The van der Waals surface area contributed by atoms with Crippen molar-refractivity contribution in [3.63, 3.8) is 0 Å². The SMILES string of the molecule is O=C(NCc1cccc(Oc2ccccc2)c1)c1ccc(N2CCOCC2)cc1. The van der Waals surface area contributed by atoms with Crippen LogP contribution < -0.4 is 15.0 Å². The minimum Gasteiger partial charge on any atom is -0.457 e. The maximum absolute atomic E-state index is 12.5. The van der Waals surface area contributed by atoms with E-state index in [2.05, 4.69) is 10.2 Å². The van der Waals surface area contributed by atoms with Crippen LogP contribution in [0.5, 0.6) is 11.5 Å². The fraction of sp³-hybridized carbons (Fsp3) is 0.208. The van der Waals surface area contributed by atoms with Gasteiger partial charge in [-0.2, -0.15) is 0 Å². The lowest BCUT2D eigenvalue weighted by atomic mass is 10.1. The highest BCUT2D eigenvalue weighted by Gasteiger charge is 2.12. The zero-order chi connectivity index (χ0) is 19.9. The van der Waals surface area contributed by atoms with Crippen LogP contribution in [0.3, 0.4) is 0 Å². The van der Waals surface area contributed by atoms with E-state index in [1.165, 1.54) is 0 Å². The first-order valence-electron chi connectivity index (χ1n) is 9.81. The van der Waals surface area contributed by atoms with Gasteiger partial charge >= 0.3 is 0 Å². The number of hydrogen-bond acceptors (Lipinski definition) is 4. The Morgan fingerprint density at radius 1 is 0.897 bits per heavy atom. The largest absolute Gasteiger partial charge is 0.457 e. The predicted octanol–water partition coefficient (Wildman–Crippen LogP) is 4.25. The number of carbonyl (C=O) groups is 1. The van der Waals surface area contributed by atoms with Crippen LogP contribution in [0.25, 0.3) is 0 Å². The first-order chi connectivity index (χ1) is 14.3. The molecule has 1 amide bonds. The molecule has 1 fully saturated rings. The van der Waals surface area contributed by atoms with Crippen LogP contribution in [-0.2, 0) is 11.3 Å². The summed E-state index contributed by atoms with van der Waals surface area (Å²) in [5.74, 6) is 1.44. The number of carbonyl (C=O) groups excluding carboxylic acids is 1. The molecule has 1 aliphatic heterocycles. The number of hydrogen-bond donors (Lipinski definition) is 1. The van der Waals surface area contributed by atoms with Gasteiger partial charge in [0.15, 0.2) is 0 Å². The van der Waals surface area contributed by atoms with Gasteiger partial charge in [0, 0.05) is 30.9 Å². The third-order valence-electron chi connectivity index (χ3n) is 4.84. The summed E-state index contributed by atoms with van der Waals surface area (Å²) in [7, 11) is 0. The minimum atomic E-state index is -0.0899. The highest BCUT2D eigenvalue weighted by Crippen LogP contribution is 2.22. The van der Waals surface area contributed by atoms with E-state index in [1.54, 1.807) is 0 Å². The van der Waals surface area contributed by atoms with E-state index in [-0.39, 0.29) is 5.91 Å². The Bertz CT molecular complexity index is 936. The zero-order valence-electron chi connectivity index (χ0n) is 16.2. The molecule has 4 rings (SSSR count). The highest BCUT2D eigenvalue weighted by molar-refractivity contribution is 5.94. The summed E-state index contributed by atoms with van der Waals surface area (Å²) in [4.78, 5) is 14.8. The number of para-hydroxylation sites is 1. The van der Waals surface area contributed by atoms with Crippen molar-refractivity contribution in [3.05, 3.63) is 90.0 Å². The first kappa shape index (κ1) is 19.0. The second-order valence-corrected chi connectivity index (χ2v) is 6.89. The zero-order valence-corrected chi connectivity index (χ0v) is 16.2. The second kappa shape index (κ2) is 9.26. The van der Waals surface area contributed by atoms with Gasteiger partial charge in [0.1, 0.15) is 11.5 Å². The molecule has 0 radical (unpaired) electrons. The maximum atomic E-state index is 12.5. The Labute approximate surface area is 170 Å². The number of nitrogens with one attached hydrogen (secondary N) is 1. The van der Waals surface area contributed by atoms with Crippen molar-refractivity contribution >= 4 is 11.6 Å². The van der Waals surface area contributed by atoms with Crippen molar-refractivity contribution in [1.29, 1.82) is 0 Å². The third kappa shape index (κ3) is 5.15. The summed E-state index contributed by atoms with van der Waals surface area (Å²) in [6.45, 7) is 3.69. The van der Waals surface area contributed by atoms with Gasteiger partial charge < -0.3 is 19.7 Å². The van der Waals surface area contributed by atoms with Gasteiger partial charge in [-0.3, -0.25) is 4.79 Å². The van der Waals surface area contributed by atoms with Crippen LogP contribution in [-0.4, -0.2) is 32.2 Å². The molecule has 0 aliphatic carbocycles. The van der Waals surface area contributed by atoms with Gasteiger partial charge in [0.2, 0.25) is 0 Å². The van der Waals surface area contributed by atoms with E-state index < -0.39 is 0 Å². The number of amides is 1. The fourth-order valence-corrected chi connectivity index (χ4v) is 3.27. The highest BCUT2D eigenvalue weighted by atomic mass is 16.5. The van der Waals surface area contributed by atoms with Gasteiger partial charge in [-0.05, 0) is 54.1 Å². The average molecular weight is 388 g/mol. The lowest BCUT2D eigenvalue weighted by Crippen LogP contribution is -2.36. The van der Waals surface area contributed by atoms with Gasteiger partial charge in [-0.1, -0.05) is 30.3 Å². The Hall–Kier alpha value is -3.31. The molecule has 5 nitrogen and oxygen atoms in total. The van der Waals surface area contributed by atoms with Gasteiger partial charge in [-0.15, -0.1) is 0 Å². The van der Waals surface area contributed by atoms with Crippen molar-refractivity contribution in [3.8, 4) is 11.5 Å². The number of anilines is 1. The molecular formula is C24H24N2O3. The van der Waals surface area contributed by atoms with Crippen LogP contribution in [0.1, 0.15) is 15.9 Å². The Morgan fingerprint density at radius 3 is 2.38 bits per heavy atom. The van der Waals surface area contributed by atoms with Crippen molar-refractivity contribution in [1.82, 2.24) is 5.32 Å². The van der Waals surface area contributed by atoms with Gasteiger partial charge in [-0.25, -0.2) is 0 Å². The van der Waals surface area contributed by atoms with Crippen molar-refractivity contribution in [2.24, 2.45) is 0 Å². The molecular weight excluding hydrogens is 364 g/mol. The topological polar surface area (TPSA) is 50.8 Å². The van der Waals surface area contributed by atoms with E-state index in [9.17, 15) is 4.79 Å². The monoisotopic (exact) mass is 388 g/mol. The molecule has 148 valence electrons. The van der Waals surface area contributed by atoms with Crippen LogP contribution in [0.15, 0.2) is 78.9 Å². The summed E-state index contributed by atoms with van der Waals surface area (Å²) in [5, 5.41) is 2.98. The molecule has 1 heterocycles. The van der Waals surface area contributed by atoms with E-state index in [1.807, 2.05) is 78.9 Å². The molecule has 1 N–H and O–H groups in total. The molecule has 0 bridgehead atoms. The van der Waals surface area contributed by atoms with E-state index in [0.29, 0.717) is 12.1 Å². The average Bonchev–Trinajstić information content (AvgIpc) is 2.79. The number of nitrogens with zero attached hydrogens (tertiary/aromatic N) is 1. The van der Waals surface area contributed by atoms with Crippen LogP contribution >= 0.6 is 0 Å². The van der Waals surface area contributed by atoms with Gasteiger partial charge in [0.25, 0.3) is 5.91 Å². The van der Waals surface area contributed by atoms with Gasteiger partial charge in [0.05, 0.1) is 13.2 Å². The maximum Gasteiger partial charge on any atom is 0.251 e. The number of benzene rings is 3. The molecule has 0 unspecified atom stereocenters. The molecule has 3 aromatic rings. The Morgan fingerprint density at radius 2 is 1.62 bits per heavy atom. The Balaban J connectivity index is 1.34. The standard InChI is InChI=1S/C24H24N2O3/c27-24(20-9-11-21(12-10-20)26-13-15-28-16-14-26)25-18-19-5-4-8-23(17-19)29-22-6-2-1-3-7-22/h1-12,17H,13-16,18H2,(H,25,27).